The van der Waals surface area contributed by atoms with Crippen LogP contribution >= 0.6 is 23.4 Å². The van der Waals surface area contributed by atoms with Crippen molar-refractivity contribution in [2.45, 2.75) is 31.6 Å². The smallest absolute Gasteiger partial charge is 0.353 e. The molecule has 0 aliphatic rings. The summed E-state index contributed by atoms with van der Waals surface area (Å²) in [6.07, 6.45) is 1.72. The topological polar surface area (TPSA) is 53.4 Å². The average molecular weight is 445 g/mol. The summed E-state index contributed by atoms with van der Waals surface area (Å²) in [5.41, 5.74) is 1.34. The summed E-state index contributed by atoms with van der Waals surface area (Å²) in [4.78, 5) is 16.8. The van der Waals surface area contributed by atoms with E-state index in [1.165, 1.54) is 16.3 Å². The molecule has 0 saturated carbocycles. The van der Waals surface area contributed by atoms with Crippen molar-refractivity contribution in [2.24, 2.45) is 5.41 Å². The fraction of sp³-hybridized carbons (Fsp3) is 0.304. The van der Waals surface area contributed by atoms with Crippen LogP contribution in [0.2, 0.25) is 5.02 Å². The molecule has 2 aromatic carbocycles. The first-order valence-corrected chi connectivity index (χ1v) is 10.9. The summed E-state index contributed by atoms with van der Waals surface area (Å²) < 4.78 is 12.8. The number of hydrogen-bond acceptors (Lipinski definition) is 5. The zero-order valence-electron chi connectivity index (χ0n) is 17.5. The molecule has 0 aliphatic carbocycles. The van der Waals surface area contributed by atoms with E-state index in [1.807, 2.05) is 42.5 Å². The van der Waals surface area contributed by atoms with Crippen molar-refractivity contribution in [2.75, 3.05) is 13.7 Å². The van der Waals surface area contributed by atoms with Crippen molar-refractivity contribution in [1.82, 2.24) is 9.55 Å². The number of thioether (sulfide) groups is 1. The van der Waals surface area contributed by atoms with Gasteiger partial charge >= 0.3 is 5.69 Å². The van der Waals surface area contributed by atoms with Gasteiger partial charge in [-0.3, -0.25) is 4.57 Å². The molecule has 5 nitrogen and oxygen atoms in total. The monoisotopic (exact) mass is 444 g/mol. The molecule has 0 bridgehead atoms. The van der Waals surface area contributed by atoms with Crippen LogP contribution in [-0.4, -0.2) is 23.3 Å². The van der Waals surface area contributed by atoms with Gasteiger partial charge in [-0.15, -0.1) is 11.8 Å². The number of ether oxygens (including phenoxy) is 2. The second-order valence-electron chi connectivity index (χ2n) is 7.98. The SMILES string of the molecule is COc1cc(-n2ccc(SCc3ccccc3Cl)nc2=O)ccc1OCC(C)(C)C. The van der Waals surface area contributed by atoms with Crippen LogP contribution in [-0.2, 0) is 5.75 Å². The molecule has 0 N–H and O–H groups in total. The van der Waals surface area contributed by atoms with Crippen molar-refractivity contribution < 1.29 is 9.47 Å². The number of nitrogens with zero attached hydrogens (tertiary/aromatic N) is 2. The van der Waals surface area contributed by atoms with Gasteiger partial charge in [-0.25, -0.2) is 4.79 Å². The standard InChI is InChI=1S/C23H25ClN2O3S/c1-23(2,3)15-29-19-10-9-17(13-20(19)28-4)26-12-11-21(25-22(26)27)30-14-16-7-5-6-8-18(16)24/h5-13H,14-15H2,1-4H3. The highest BCUT2D eigenvalue weighted by Gasteiger charge is 2.14. The number of benzene rings is 2. The van der Waals surface area contributed by atoms with Crippen molar-refractivity contribution in [1.29, 1.82) is 0 Å². The Morgan fingerprint density at radius 3 is 2.53 bits per heavy atom. The predicted molar refractivity (Wildman–Crippen MR) is 122 cm³/mol. The van der Waals surface area contributed by atoms with Crippen molar-refractivity contribution in [3.8, 4) is 17.2 Å². The first-order valence-electron chi connectivity index (χ1n) is 9.54. The minimum atomic E-state index is -0.357. The van der Waals surface area contributed by atoms with Gasteiger partial charge in [-0.2, -0.15) is 4.98 Å². The Balaban J connectivity index is 1.77. The Hall–Kier alpha value is -2.44. The Morgan fingerprint density at radius 1 is 1.10 bits per heavy atom. The maximum Gasteiger partial charge on any atom is 0.353 e. The zero-order chi connectivity index (χ0) is 21.7. The molecular weight excluding hydrogens is 420 g/mol. The first-order chi connectivity index (χ1) is 14.3. The largest absolute Gasteiger partial charge is 0.493 e. The Kier molecular flexibility index (Phi) is 7.10. The molecule has 0 spiro atoms. The van der Waals surface area contributed by atoms with E-state index in [4.69, 9.17) is 21.1 Å². The first kappa shape index (κ1) is 22.2. The van der Waals surface area contributed by atoms with Gasteiger partial charge in [0.25, 0.3) is 0 Å². The zero-order valence-corrected chi connectivity index (χ0v) is 19.1. The van der Waals surface area contributed by atoms with E-state index >= 15 is 0 Å². The third-order valence-corrected chi connectivity index (χ3v) is 5.54. The molecule has 0 radical (unpaired) electrons. The third kappa shape index (κ3) is 5.80. The van der Waals surface area contributed by atoms with Crippen LogP contribution in [0.1, 0.15) is 26.3 Å². The minimum Gasteiger partial charge on any atom is -0.493 e. The van der Waals surface area contributed by atoms with Gasteiger partial charge in [0.2, 0.25) is 0 Å². The van der Waals surface area contributed by atoms with Gasteiger partial charge in [0, 0.05) is 23.0 Å². The van der Waals surface area contributed by atoms with E-state index < -0.39 is 0 Å². The van der Waals surface area contributed by atoms with Gasteiger partial charge in [-0.1, -0.05) is 50.6 Å². The molecule has 3 aromatic rings. The Morgan fingerprint density at radius 2 is 1.87 bits per heavy atom. The van der Waals surface area contributed by atoms with E-state index in [0.717, 1.165) is 5.56 Å². The van der Waals surface area contributed by atoms with E-state index in [9.17, 15) is 4.79 Å². The summed E-state index contributed by atoms with van der Waals surface area (Å²) in [5, 5.41) is 1.35. The Bertz CT molecular complexity index is 1080. The fourth-order valence-corrected chi connectivity index (χ4v) is 3.79. The van der Waals surface area contributed by atoms with E-state index in [-0.39, 0.29) is 11.1 Å². The molecule has 158 valence electrons. The molecular formula is C23H25ClN2O3S. The summed E-state index contributed by atoms with van der Waals surface area (Å²) in [5.74, 6) is 1.86. The van der Waals surface area contributed by atoms with Gasteiger partial charge in [0.05, 0.1) is 19.4 Å². The predicted octanol–water partition coefficient (Wildman–Crippen LogP) is 5.61. The lowest BCUT2D eigenvalue weighted by Crippen LogP contribution is -2.21. The quantitative estimate of drug-likeness (QED) is 0.350. The fourth-order valence-electron chi connectivity index (χ4n) is 2.65. The molecule has 0 atom stereocenters. The van der Waals surface area contributed by atoms with Crippen molar-refractivity contribution in [3.05, 3.63) is 75.8 Å². The molecule has 1 heterocycles. The molecule has 7 heteroatoms. The number of rotatable bonds is 7. The van der Waals surface area contributed by atoms with Crippen LogP contribution in [0.4, 0.5) is 0 Å². The molecule has 0 unspecified atom stereocenters. The molecule has 30 heavy (non-hydrogen) atoms. The van der Waals surface area contributed by atoms with Gasteiger partial charge in [0.1, 0.15) is 5.03 Å². The van der Waals surface area contributed by atoms with E-state index in [2.05, 4.69) is 25.8 Å². The van der Waals surface area contributed by atoms with Crippen LogP contribution < -0.4 is 15.2 Å². The lowest BCUT2D eigenvalue weighted by Gasteiger charge is -2.20. The minimum absolute atomic E-state index is 0.0298. The van der Waals surface area contributed by atoms with E-state index in [0.29, 0.717) is 39.6 Å². The summed E-state index contributed by atoms with van der Waals surface area (Å²) >= 11 is 7.67. The van der Waals surface area contributed by atoms with Gasteiger partial charge in [0.15, 0.2) is 11.5 Å². The second kappa shape index (κ2) is 9.58. The van der Waals surface area contributed by atoms with Crippen LogP contribution in [0, 0.1) is 5.41 Å². The summed E-state index contributed by atoms with van der Waals surface area (Å²) in [7, 11) is 1.58. The third-order valence-electron chi connectivity index (χ3n) is 4.20. The molecule has 0 aliphatic heterocycles. The van der Waals surface area contributed by atoms with E-state index in [1.54, 1.807) is 19.4 Å². The van der Waals surface area contributed by atoms with Crippen LogP contribution in [0.5, 0.6) is 11.5 Å². The van der Waals surface area contributed by atoms with Gasteiger partial charge in [-0.05, 0) is 35.2 Å². The normalized spacial score (nSPS) is 11.4. The molecule has 3 rings (SSSR count). The highest BCUT2D eigenvalue weighted by Crippen LogP contribution is 2.31. The lowest BCUT2D eigenvalue weighted by molar-refractivity contribution is 0.191. The van der Waals surface area contributed by atoms with Crippen LogP contribution in [0.25, 0.3) is 5.69 Å². The number of methoxy groups -OCH3 is 1. The Labute approximate surface area is 186 Å². The molecule has 0 amide bonds. The summed E-state index contributed by atoms with van der Waals surface area (Å²) in [6, 6.07) is 14.9. The van der Waals surface area contributed by atoms with Gasteiger partial charge < -0.3 is 9.47 Å². The average Bonchev–Trinajstić information content (AvgIpc) is 2.71. The lowest BCUT2D eigenvalue weighted by atomic mass is 9.99. The van der Waals surface area contributed by atoms with Crippen molar-refractivity contribution >= 4 is 23.4 Å². The maximum absolute atomic E-state index is 12.6. The second-order valence-corrected chi connectivity index (χ2v) is 9.39. The maximum atomic E-state index is 12.6. The molecule has 1 aromatic heterocycles. The highest BCUT2D eigenvalue weighted by atomic mass is 35.5. The molecule has 0 saturated heterocycles. The van der Waals surface area contributed by atoms with Crippen molar-refractivity contribution in [3.63, 3.8) is 0 Å². The summed E-state index contributed by atoms with van der Waals surface area (Å²) in [6.45, 7) is 6.86. The van der Waals surface area contributed by atoms with Crippen LogP contribution in [0.3, 0.4) is 0 Å². The number of aromatic nitrogens is 2. The highest BCUT2D eigenvalue weighted by molar-refractivity contribution is 7.98. The molecule has 0 fully saturated rings. The van der Waals surface area contributed by atoms with Crippen LogP contribution in [0.15, 0.2) is 64.5 Å². The number of halogens is 1. The number of hydrogen-bond donors (Lipinski definition) is 0.